The molecule has 1 unspecified atom stereocenters. The van der Waals surface area contributed by atoms with Crippen LogP contribution in [0.15, 0.2) is 61.1 Å². The van der Waals surface area contributed by atoms with Crippen LogP contribution in [0.2, 0.25) is 0 Å². The van der Waals surface area contributed by atoms with Crippen molar-refractivity contribution in [1.82, 2.24) is 15.3 Å². The molecule has 1 aliphatic heterocycles. The second-order valence-electron chi connectivity index (χ2n) is 6.80. The molecule has 7 nitrogen and oxygen atoms in total. The van der Waals surface area contributed by atoms with E-state index in [-0.39, 0.29) is 11.8 Å². The van der Waals surface area contributed by atoms with Crippen molar-refractivity contribution in [2.24, 2.45) is 0 Å². The van der Waals surface area contributed by atoms with Gasteiger partial charge in [0, 0.05) is 25.2 Å². The van der Waals surface area contributed by atoms with E-state index in [2.05, 4.69) is 15.3 Å². The first-order chi connectivity index (χ1) is 14.1. The van der Waals surface area contributed by atoms with Crippen LogP contribution in [0.1, 0.15) is 15.9 Å². The Morgan fingerprint density at radius 1 is 1.10 bits per heavy atom. The lowest BCUT2D eigenvalue weighted by atomic mass is 10.0. The number of benzene rings is 2. The minimum atomic E-state index is -0.657. The van der Waals surface area contributed by atoms with Gasteiger partial charge in [0.05, 0.1) is 24.1 Å². The lowest BCUT2D eigenvalue weighted by Gasteiger charge is -2.21. The van der Waals surface area contributed by atoms with E-state index in [0.717, 1.165) is 16.8 Å². The molecule has 29 heavy (non-hydrogen) atoms. The van der Waals surface area contributed by atoms with Crippen molar-refractivity contribution in [1.29, 1.82) is 0 Å². The van der Waals surface area contributed by atoms with E-state index in [1.165, 1.54) is 11.2 Å². The molecule has 0 saturated heterocycles. The summed E-state index contributed by atoms with van der Waals surface area (Å²) in [5.74, 6) is 0.111. The van der Waals surface area contributed by atoms with Gasteiger partial charge in [0.15, 0.2) is 0 Å². The summed E-state index contributed by atoms with van der Waals surface area (Å²) in [4.78, 5) is 35.4. The number of rotatable bonds is 4. The maximum Gasteiger partial charge on any atom is 0.254 e. The number of likely N-dealkylation sites (N-methyl/N-ethyl adjacent to an activating group) is 1. The smallest absolute Gasteiger partial charge is 0.254 e. The number of methoxy groups -OCH3 is 1. The first-order valence-corrected chi connectivity index (χ1v) is 9.18. The quantitative estimate of drug-likeness (QED) is 0.742. The van der Waals surface area contributed by atoms with Crippen LogP contribution >= 0.6 is 0 Å². The number of carbonyl (C=O) groups is 2. The Labute approximate surface area is 168 Å². The Kier molecular flexibility index (Phi) is 4.95. The predicted molar refractivity (Wildman–Crippen MR) is 109 cm³/mol. The van der Waals surface area contributed by atoms with Gasteiger partial charge in [0.25, 0.3) is 5.91 Å². The zero-order chi connectivity index (χ0) is 20.4. The van der Waals surface area contributed by atoms with Gasteiger partial charge in [-0.05, 0) is 29.8 Å². The van der Waals surface area contributed by atoms with Gasteiger partial charge in [0.1, 0.15) is 18.1 Å². The maximum absolute atomic E-state index is 13.0. The maximum atomic E-state index is 13.0. The van der Waals surface area contributed by atoms with E-state index < -0.39 is 6.04 Å². The Bertz CT molecular complexity index is 1050. The molecule has 0 radical (unpaired) electrons. The van der Waals surface area contributed by atoms with Crippen LogP contribution in [0.4, 0.5) is 5.69 Å². The molecule has 0 bridgehead atoms. The van der Waals surface area contributed by atoms with Crippen LogP contribution in [0.5, 0.6) is 5.75 Å². The molecule has 146 valence electrons. The van der Waals surface area contributed by atoms with Gasteiger partial charge in [-0.3, -0.25) is 9.59 Å². The van der Waals surface area contributed by atoms with Crippen molar-refractivity contribution in [3.8, 4) is 17.0 Å². The van der Waals surface area contributed by atoms with Crippen molar-refractivity contribution in [3.63, 3.8) is 0 Å². The van der Waals surface area contributed by atoms with Crippen molar-refractivity contribution in [2.45, 2.75) is 12.5 Å². The molecule has 1 aliphatic rings. The Hall–Kier alpha value is -3.74. The SMILES string of the molecule is COc1ccc2c(c1)C(=O)NC(Cc1ccc(-c3ccncn3)cc1)C(=O)N2C. The lowest BCUT2D eigenvalue weighted by Crippen LogP contribution is -2.45. The van der Waals surface area contributed by atoms with E-state index >= 15 is 0 Å². The largest absolute Gasteiger partial charge is 0.497 e. The average Bonchev–Trinajstić information content (AvgIpc) is 2.85. The van der Waals surface area contributed by atoms with Gasteiger partial charge in [-0.2, -0.15) is 0 Å². The number of aromatic nitrogens is 2. The molecule has 3 aromatic rings. The molecular formula is C22H20N4O3. The highest BCUT2D eigenvalue weighted by Crippen LogP contribution is 2.28. The van der Waals surface area contributed by atoms with Crippen LogP contribution in [0.25, 0.3) is 11.3 Å². The highest BCUT2D eigenvalue weighted by Gasteiger charge is 2.32. The first kappa shape index (κ1) is 18.6. The Balaban J connectivity index is 1.57. The molecule has 2 heterocycles. The molecule has 0 aliphatic carbocycles. The fourth-order valence-corrected chi connectivity index (χ4v) is 3.41. The summed E-state index contributed by atoms with van der Waals surface area (Å²) in [7, 11) is 3.22. The summed E-state index contributed by atoms with van der Waals surface area (Å²) in [6.07, 6.45) is 3.59. The van der Waals surface area contributed by atoms with Gasteiger partial charge in [0.2, 0.25) is 5.91 Å². The van der Waals surface area contributed by atoms with Crippen LogP contribution in [-0.4, -0.2) is 42.0 Å². The zero-order valence-corrected chi connectivity index (χ0v) is 16.1. The number of anilines is 1. The number of nitrogens with one attached hydrogen (secondary N) is 1. The molecular weight excluding hydrogens is 368 g/mol. The molecule has 7 heteroatoms. The fraction of sp³-hybridized carbons (Fsp3) is 0.182. The standard InChI is InChI=1S/C22H20N4O3/c1-26-20-8-7-16(29-2)12-17(20)21(27)25-19(22(26)28)11-14-3-5-15(6-4-14)18-9-10-23-13-24-18/h3-10,12-13,19H,11H2,1-2H3,(H,25,27). The molecule has 2 amide bonds. The summed E-state index contributed by atoms with van der Waals surface area (Å²) in [6, 6.07) is 14.1. The molecule has 0 fully saturated rings. The second-order valence-corrected chi connectivity index (χ2v) is 6.80. The average molecular weight is 388 g/mol. The van der Waals surface area contributed by atoms with Crippen molar-refractivity contribution >= 4 is 17.5 Å². The van der Waals surface area contributed by atoms with Crippen molar-refractivity contribution in [2.75, 3.05) is 19.1 Å². The predicted octanol–water partition coefficient (Wildman–Crippen LogP) is 2.47. The molecule has 2 aromatic carbocycles. The van der Waals surface area contributed by atoms with Crippen molar-refractivity contribution < 1.29 is 14.3 Å². The Morgan fingerprint density at radius 2 is 1.90 bits per heavy atom. The summed E-state index contributed by atoms with van der Waals surface area (Å²) < 4.78 is 5.21. The molecule has 1 N–H and O–H groups in total. The van der Waals surface area contributed by atoms with Crippen LogP contribution in [0, 0.1) is 0 Å². The highest BCUT2D eigenvalue weighted by atomic mass is 16.5. The third-order valence-electron chi connectivity index (χ3n) is 5.02. The monoisotopic (exact) mass is 388 g/mol. The first-order valence-electron chi connectivity index (χ1n) is 9.18. The fourth-order valence-electron chi connectivity index (χ4n) is 3.41. The number of fused-ring (bicyclic) bond motifs is 1. The number of amides is 2. The van der Waals surface area contributed by atoms with Gasteiger partial charge in [-0.25, -0.2) is 9.97 Å². The molecule has 1 atom stereocenters. The topological polar surface area (TPSA) is 84.4 Å². The van der Waals surface area contributed by atoms with Crippen molar-refractivity contribution in [3.05, 3.63) is 72.2 Å². The number of carbonyl (C=O) groups excluding carboxylic acids is 2. The number of hydrogen-bond donors (Lipinski definition) is 1. The summed E-state index contributed by atoms with van der Waals surface area (Å²) in [6.45, 7) is 0. The molecule has 0 saturated carbocycles. The number of hydrogen-bond acceptors (Lipinski definition) is 5. The second kappa shape index (κ2) is 7.71. The zero-order valence-electron chi connectivity index (χ0n) is 16.1. The van der Waals surface area contributed by atoms with E-state index in [4.69, 9.17) is 4.74 Å². The van der Waals surface area contributed by atoms with E-state index in [0.29, 0.717) is 23.4 Å². The van der Waals surface area contributed by atoms with Crippen LogP contribution in [-0.2, 0) is 11.2 Å². The number of nitrogens with zero attached hydrogens (tertiary/aromatic N) is 3. The third-order valence-corrected chi connectivity index (χ3v) is 5.02. The van der Waals surface area contributed by atoms with E-state index in [9.17, 15) is 9.59 Å². The molecule has 1 aromatic heterocycles. The summed E-state index contributed by atoms with van der Waals surface area (Å²) >= 11 is 0. The molecule has 0 spiro atoms. The minimum Gasteiger partial charge on any atom is -0.497 e. The van der Waals surface area contributed by atoms with E-state index in [1.807, 2.05) is 30.3 Å². The summed E-state index contributed by atoms with van der Waals surface area (Å²) in [5, 5.41) is 2.86. The van der Waals surface area contributed by atoms with E-state index in [1.54, 1.807) is 38.6 Å². The normalized spacial score (nSPS) is 16.1. The van der Waals surface area contributed by atoms with Gasteiger partial charge in [-0.15, -0.1) is 0 Å². The number of ether oxygens (including phenoxy) is 1. The Morgan fingerprint density at radius 3 is 2.59 bits per heavy atom. The van der Waals surface area contributed by atoms with Gasteiger partial charge in [-0.1, -0.05) is 24.3 Å². The minimum absolute atomic E-state index is 0.165. The van der Waals surface area contributed by atoms with Crippen LogP contribution < -0.4 is 15.0 Å². The lowest BCUT2D eigenvalue weighted by molar-refractivity contribution is -0.120. The van der Waals surface area contributed by atoms with Crippen LogP contribution in [0.3, 0.4) is 0 Å². The van der Waals surface area contributed by atoms with Gasteiger partial charge < -0.3 is 15.0 Å². The third kappa shape index (κ3) is 3.67. The summed E-state index contributed by atoms with van der Waals surface area (Å²) in [5.41, 5.74) is 3.72. The highest BCUT2D eigenvalue weighted by molar-refractivity contribution is 6.11. The van der Waals surface area contributed by atoms with Gasteiger partial charge >= 0.3 is 0 Å². The molecule has 4 rings (SSSR count).